The summed E-state index contributed by atoms with van der Waals surface area (Å²) in [4.78, 5) is 14.5. The molecule has 1 aromatic heterocycles. The number of carbonyl (C=O) groups is 1. The van der Waals surface area contributed by atoms with Gasteiger partial charge in [0, 0.05) is 0 Å². The minimum Gasteiger partial charge on any atom is -0.479 e. The van der Waals surface area contributed by atoms with Gasteiger partial charge in [-0.3, -0.25) is 0 Å². The van der Waals surface area contributed by atoms with Crippen LogP contribution in [0.25, 0.3) is 0 Å². The van der Waals surface area contributed by atoms with E-state index in [0.29, 0.717) is 5.89 Å². The number of carboxylic acids is 1. The van der Waals surface area contributed by atoms with E-state index in [9.17, 15) is 4.79 Å². The summed E-state index contributed by atoms with van der Waals surface area (Å²) in [5.74, 6) is 0.143. The van der Waals surface area contributed by atoms with E-state index in [0.717, 1.165) is 11.5 Å². The summed E-state index contributed by atoms with van der Waals surface area (Å²) in [6, 6.07) is 0. The van der Waals surface area contributed by atoms with Crippen molar-refractivity contribution >= 4 is 5.97 Å². The van der Waals surface area contributed by atoms with E-state index >= 15 is 0 Å². The van der Waals surface area contributed by atoms with Crippen LogP contribution in [0.2, 0.25) is 0 Å². The molecule has 5 heteroatoms. The summed E-state index contributed by atoms with van der Waals surface area (Å²) in [6.45, 7) is 5.17. The van der Waals surface area contributed by atoms with Crippen LogP contribution >= 0.6 is 0 Å². The molecule has 0 radical (unpaired) electrons. The monoisotopic (exact) mass is 199 g/mol. The predicted octanol–water partition coefficient (Wildman–Crippen LogP) is 1.28. The molecule has 14 heavy (non-hydrogen) atoms. The van der Waals surface area contributed by atoms with Crippen LogP contribution in [0.15, 0.2) is 4.42 Å². The third-order valence-electron chi connectivity index (χ3n) is 1.88. The zero-order chi connectivity index (χ0) is 10.7. The molecule has 78 valence electrons. The summed E-state index contributed by atoms with van der Waals surface area (Å²) in [7, 11) is 0. The van der Waals surface area contributed by atoms with Crippen LogP contribution in [0.1, 0.15) is 24.3 Å². The highest BCUT2D eigenvalue weighted by Gasteiger charge is 2.13. The Morgan fingerprint density at radius 1 is 1.64 bits per heavy atom. The van der Waals surface area contributed by atoms with Crippen LogP contribution in [0.4, 0.5) is 0 Å². The lowest BCUT2D eigenvalue weighted by molar-refractivity contribution is -0.150. The van der Waals surface area contributed by atoms with Gasteiger partial charge in [-0.15, -0.1) is 0 Å². The van der Waals surface area contributed by atoms with Gasteiger partial charge in [0.2, 0.25) is 5.89 Å². The van der Waals surface area contributed by atoms with Crippen molar-refractivity contribution in [2.45, 2.75) is 33.5 Å². The second kappa shape index (κ2) is 4.23. The molecule has 0 saturated heterocycles. The summed E-state index contributed by atoms with van der Waals surface area (Å²) in [5, 5.41) is 8.54. The minimum absolute atomic E-state index is 0.0855. The van der Waals surface area contributed by atoms with Crippen molar-refractivity contribution in [1.82, 2.24) is 4.98 Å². The molecular formula is C9H13NO4. The first-order valence-electron chi connectivity index (χ1n) is 4.28. The van der Waals surface area contributed by atoms with Crippen molar-refractivity contribution < 1.29 is 19.1 Å². The smallest absolute Gasteiger partial charge is 0.332 e. The molecule has 0 amide bonds. The fourth-order valence-electron chi connectivity index (χ4n) is 0.868. The molecule has 0 spiro atoms. The second-order valence-corrected chi connectivity index (χ2v) is 3.04. The maximum Gasteiger partial charge on any atom is 0.332 e. The Hall–Kier alpha value is -1.36. The molecule has 0 aliphatic heterocycles. The highest BCUT2D eigenvalue weighted by molar-refractivity contribution is 5.71. The number of aliphatic carboxylic acids is 1. The molecule has 1 atom stereocenters. The molecule has 0 fully saturated rings. The lowest BCUT2D eigenvalue weighted by atomic mass is 10.4. The summed E-state index contributed by atoms with van der Waals surface area (Å²) < 4.78 is 10.2. The highest BCUT2D eigenvalue weighted by atomic mass is 16.5. The zero-order valence-corrected chi connectivity index (χ0v) is 8.40. The van der Waals surface area contributed by atoms with E-state index in [-0.39, 0.29) is 6.61 Å². The Bertz CT molecular complexity index is 312. The number of ether oxygens (including phenoxy) is 1. The Labute approximate surface area is 81.7 Å². The van der Waals surface area contributed by atoms with Gasteiger partial charge in [-0.25, -0.2) is 9.78 Å². The Kier molecular flexibility index (Phi) is 3.24. The van der Waals surface area contributed by atoms with Crippen molar-refractivity contribution in [3.8, 4) is 0 Å². The van der Waals surface area contributed by atoms with Crippen molar-refractivity contribution in [2.75, 3.05) is 0 Å². The van der Waals surface area contributed by atoms with Crippen molar-refractivity contribution in [2.24, 2.45) is 0 Å². The van der Waals surface area contributed by atoms with Gasteiger partial charge >= 0.3 is 5.97 Å². The van der Waals surface area contributed by atoms with Gasteiger partial charge in [0.15, 0.2) is 6.10 Å². The van der Waals surface area contributed by atoms with Crippen LogP contribution in [-0.4, -0.2) is 22.2 Å². The molecule has 1 aromatic rings. The molecule has 0 aromatic carbocycles. The highest BCUT2D eigenvalue weighted by Crippen LogP contribution is 2.09. The van der Waals surface area contributed by atoms with Crippen LogP contribution in [0.3, 0.4) is 0 Å². The fourth-order valence-corrected chi connectivity index (χ4v) is 0.868. The SMILES string of the molecule is Cc1nc(CO[C@@H](C)C(=O)O)oc1C. The molecule has 5 nitrogen and oxygen atoms in total. The summed E-state index contributed by atoms with van der Waals surface area (Å²) >= 11 is 0. The Morgan fingerprint density at radius 3 is 2.71 bits per heavy atom. The maximum atomic E-state index is 10.4. The molecule has 0 bridgehead atoms. The Morgan fingerprint density at radius 2 is 2.29 bits per heavy atom. The number of hydrogen-bond donors (Lipinski definition) is 1. The molecule has 0 aliphatic rings. The van der Waals surface area contributed by atoms with Gasteiger partial charge in [-0.05, 0) is 20.8 Å². The van der Waals surface area contributed by atoms with E-state index in [1.165, 1.54) is 6.92 Å². The van der Waals surface area contributed by atoms with Gasteiger partial charge in [-0.1, -0.05) is 0 Å². The quantitative estimate of drug-likeness (QED) is 0.790. The summed E-state index contributed by atoms with van der Waals surface area (Å²) in [5.41, 5.74) is 0.798. The molecule has 0 saturated carbocycles. The van der Waals surface area contributed by atoms with E-state index < -0.39 is 12.1 Å². The van der Waals surface area contributed by atoms with Crippen LogP contribution < -0.4 is 0 Å². The van der Waals surface area contributed by atoms with Crippen LogP contribution in [-0.2, 0) is 16.1 Å². The van der Waals surface area contributed by atoms with E-state index in [4.69, 9.17) is 14.3 Å². The minimum atomic E-state index is -0.995. The van der Waals surface area contributed by atoms with Gasteiger partial charge in [0.05, 0.1) is 5.69 Å². The normalized spacial score (nSPS) is 12.8. The summed E-state index contributed by atoms with van der Waals surface area (Å²) in [6.07, 6.45) is -0.845. The number of carboxylic acid groups (broad SMARTS) is 1. The molecule has 0 aliphatic carbocycles. The predicted molar refractivity (Wildman–Crippen MR) is 47.9 cm³/mol. The largest absolute Gasteiger partial charge is 0.479 e. The maximum absolute atomic E-state index is 10.4. The van der Waals surface area contributed by atoms with Crippen molar-refractivity contribution in [3.05, 3.63) is 17.3 Å². The molecule has 1 heterocycles. The first kappa shape index (κ1) is 10.7. The third kappa shape index (κ3) is 2.56. The number of oxazole rings is 1. The molecular weight excluding hydrogens is 186 g/mol. The third-order valence-corrected chi connectivity index (χ3v) is 1.88. The number of hydrogen-bond acceptors (Lipinski definition) is 4. The number of nitrogens with zero attached hydrogens (tertiary/aromatic N) is 1. The van der Waals surface area contributed by atoms with Crippen molar-refractivity contribution in [3.63, 3.8) is 0 Å². The van der Waals surface area contributed by atoms with Crippen LogP contribution in [0.5, 0.6) is 0 Å². The Balaban J connectivity index is 2.50. The molecule has 1 rings (SSSR count). The van der Waals surface area contributed by atoms with Gasteiger partial charge < -0.3 is 14.3 Å². The lowest BCUT2D eigenvalue weighted by Crippen LogP contribution is -2.19. The van der Waals surface area contributed by atoms with Gasteiger partial charge in [0.25, 0.3) is 0 Å². The van der Waals surface area contributed by atoms with Gasteiger partial charge in [-0.2, -0.15) is 0 Å². The first-order chi connectivity index (χ1) is 6.50. The van der Waals surface area contributed by atoms with Gasteiger partial charge in [0.1, 0.15) is 12.4 Å². The number of aromatic nitrogens is 1. The standard InChI is InChI=1S/C9H13NO4/c1-5-6(2)14-8(10-5)4-13-7(3)9(11)12/h7H,4H2,1-3H3,(H,11,12)/t7-/m0/s1. The number of rotatable bonds is 4. The van der Waals surface area contributed by atoms with E-state index in [1.807, 2.05) is 6.92 Å². The second-order valence-electron chi connectivity index (χ2n) is 3.04. The average Bonchev–Trinajstić information content (AvgIpc) is 2.42. The van der Waals surface area contributed by atoms with E-state index in [2.05, 4.69) is 4.98 Å². The van der Waals surface area contributed by atoms with E-state index in [1.54, 1.807) is 6.92 Å². The first-order valence-corrected chi connectivity index (χ1v) is 4.28. The number of aryl methyl sites for hydroxylation is 2. The average molecular weight is 199 g/mol. The molecule has 1 N–H and O–H groups in total. The van der Waals surface area contributed by atoms with Crippen LogP contribution in [0, 0.1) is 13.8 Å². The zero-order valence-electron chi connectivity index (χ0n) is 8.40. The fraction of sp³-hybridized carbons (Fsp3) is 0.556. The topological polar surface area (TPSA) is 72.6 Å². The molecule has 0 unspecified atom stereocenters. The lowest BCUT2D eigenvalue weighted by Gasteiger charge is -2.04. The van der Waals surface area contributed by atoms with Crippen molar-refractivity contribution in [1.29, 1.82) is 0 Å².